The van der Waals surface area contributed by atoms with Crippen LogP contribution in [-0.4, -0.2) is 36.3 Å². The van der Waals surface area contributed by atoms with Gasteiger partial charge in [-0.1, -0.05) is 0 Å². The SMILES string of the molecule is O=C(NCC1CCCN(C(=O)c2ccoc2)C1)c1ccc(F)cc1. The molecular weight excluding hydrogens is 311 g/mol. The van der Waals surface area contributed by atoms with E-state index in [1.54, 1.807) is 11.0 Å². The van der Waals surface area contributed by atoms with E-state index < -0.39 is 0 Å². The molecule has 3 rings (SSSR count). The Balaban J connectivity index is 1.53. The molecule has 0 bridgehead atoms. The minimum absolute atomic E-state index is 0.0432. The Kier molecular flexibility index (Phi) is 4.93. The number of rotatable bonds is 4. The summed E-state index contributed by atoms with van der Waals surface area (Å²) in [5.74, 6) is -0.433. The molecule has 6 heteroatoms. The second-order valence-corrected chi connectivity index (χ2v) is 5.99. The lowest BCUT2D eigenvalue weighted by Gasteiger charge is -2.32. The molecule has 2 heterocycles. The number of piperidine rings is 1. The van der Waals surface area contributed by atoms with Crippen molar-refractivity contribution in [3.05, 3.63) is 59.8 Å². The predicted octanol–water partition coefficient (Wildman–Crippen LogP) is 2.70. The average molecular weight is 330 g/mol. The summed E-state index contributed by atoms with van der Waals surface area (Å²) in [6, 6.07) is 7.10. The minimum Gasteiger partial charge on any atom is -0.472 e. The first-order valence-corrected chi connectivity index (χ1v) is 7.99. The van der Waals surface area contributed by atoms with E-state index in [-0.39, 0.29) is 23.5 Å². The molecule has 1 aromatic heterocycles. The zero-order valence-electron chi connectivity index (χ0n) is 13.2. The van der Waals surface area contributed by atoms with Gasteiger partial charge in [0.15, 0.2) is 0 Å². The van der Waals surface area contributed by atoms with E-state index in [4.69, 9.17) is 4.42 Å². The maximum atomic E-state index is 12.9. The Hall–Kier alpha value is -2.63. The van der Waals surface area contributed by atoms with Gasteiger partial charge < -0.3 is 14.6 Å². The van der Waals surface area contributed by atoms with Crippen molar-refractivity contribution in [3.63, 3.8) is 0 Å². The highest BCUT2D eigenvalue weighted by Crippen LogP contribution is 2.18. The summed E-state index contributed by atoms with van der Waals surface area (Å²) >= 11 is 0. The smallest absolute Gasteiger partial charge is 0.257 e. The number of hydrogen-bond acceptors (Lipinski definition) is 3. The van der Waals surface area contributed by atoms with Gasteiger partial charge in [0.1, 0.15) is 12.1 Å². The summed E-state index contributed by atoms with van der Waals surface area (Å²) in [4.78, 5) is 26.2. The number of nitrogens with one attached hydrogen (secondary N) is 1. The third-order valence-electron chi connectivity index (χ3n) is 4.23. The topological polar surface area (TPSA) is 62.6 Å². The van der Waals surface area contributed by atoms with Gasteiger partial charge in [-0.05, 0) is 49.1 Å². The standard InChI is InChI=1S/C18H19FN2O3/c19-16-5-3-14(4-6-16)17(22)20-10-13-2-1-8-21(11-13)18(23)15-7-9-24-12-15/h3-7,9,12-13H,1-2,8,10-11H2,(H,20,22). The second kappa shape index (κ2) is 7.29. The zero-order chi connectivity index (χ0) is 16.9. The van der Waals surface area contributed by atoms with Crippen LogP contribution in [0.3, 0.4) is 0 Å². The third-order valence-corrected chi connectivity index (χ3v) is 4.23. The van der Waals surface area contributed by atoms with Gasteiger partial charge >= 0.3 is 0 Å². The molecular formula is C18H19FN2O3. The number of carbonyl (C=O) groups excluding carboxylic acids is 2. The monoisotopic (exact) mass is 330 g/mol. The molecule has 1 aliphatic heterocycles. The van der Waals surface area contributed by atoms with Gasteiger partial charge in [-0.15, -0.1) is 0 Å². The molecule has 1 aliphatic rings. The highest BCUT2D eigenvalue weighted by molar-refractivity contribution is 5.94. The summed E-state index contributed by atoms with van der Waals surface area (Å²) in [6.45, 7) is 1.81. The Labute approximate surface area is 139 Å². The van der Waals surface area contributed by atoms with Crippen molar-refractivity contribution in [3.8, 4) is 0 Å². The van der Waals surface area contributed by atoms with E-state index in [2.05, 4.69) is 5.32 Å². The van der Waals surface area contributed by atoms with Gasteiger partial charge in [-0.3, -0.25) is 9.59 Å². The fourth-order valence-corrected chi connectivity index (χ4v) is 2.93. The maximum absolute atomic E-state index is 12.9. The number of furan rings is 1. The van der Waals surface area contributed by atoms with Crippen molar-refractivity contribution in [2.24, 2.45) is 5.92 Å². The van der Waals surface area contributed by atoms with Crippen molar-refractivity contribution in [2.75, 3.05) is 19.6 Å². The van der Waals surface area contributed by atoms with Gasteiger partial charge in [0.2, 0.25) is 0 Å². The molecule has 1 fully saturated rings. The number of carbonyl (C=O) groups is 2. The van der Waals surface area contributed by atoms with Crippen LogP contribution in [0.1, 0.15) is 33.6 Å². The van der Waals surface area contributed by atoms with Crippen LogP contribution in [0, 0.1) is 11.7 Å². The highest BCUT2D eigenvalue weighted by atomic mass is 19.1. The van der Waals surface area contributed by atoms with E-state index in [0.29, 0.717) is 30.8 Å². The van der Waals surface area contributed by atoms with Crippen LogP contribution >= 0.6 is 0 Å². The van der Waals surface area contributed by atoms with E-state index in [1.165, 1.54) is 36.8 Å². The summed E-state index contributed by atoms with van der Waals surface area (Å²) in [6.07, 6.45) is 4.79. The number of benzene rings is 1. The molecule has 1 aromatic carbocycles. The molecule has 1 saturated heterocycles. The normalized spacial score (nSPS) is 17.5. The minimum atomic E-state index is -0.368. The summed E-state index contributed by atoms with van der Waals surface area (Å²) in [5, 5.41) is 2.86. The van der Waals surface area contributed by atoms with Crippen molar-refractivity contribution in [2.45, 2.75) is 12.8 Å². The molecule has 1 unspecified atom stereocenters. The fraction of sp³-hybridized carbons (Fsp3) is 0.333. The van der Waals surface area contributed by atoms with Crippen LogP contribution < -0.4 is 5.32 Å². The van der Waals surface area contributed by atoms with Crippen LogP contribution in [0.2, 0.25) is 0 Å². The zero-order valence-corrected chi connectivity index (χ0v) is 13.2. The molecule has 0 spiro atoms. The summed E-state index contributed by atoms with van der Waals surface area (Å²) < 4.78 is 17.8. The fourth-order valence-electron chi connectivity index (χ4n) is 2.93. The molecule has 2 aromatic rings. The van der Waals surface area contributed by atoms with Gasteiger partial charge in [-0.25, -0.2) is 4.39 Å². The first kappa shape index (κ1) is 16.2. The Morgan fingerprint density at radius 2 is 2.00 bits per heavy atom. The lowest BCUT2D eigenvalue weighted by atomic mass is 9.97. The van der Waals surface area contributed by atoms with Crippen LogP contribution in [-0.2, 0) is 0 Å². The van der Waals surface area contributed by atoms with E-state index in [0.717, 1.165) is 12.8 Å². The average Bonchev–Trinajstić information content (AvgIpc) is 3.14. The van der Waals surface area contributed by atoms with Gasteiger partial charge in [-0.2, -0.15) is 0 Å². The van der Waals surface area contributed by atoms with E-state index in [9.17, 15) is 14.0 Å². The number of likely N-dealkylation sites (tertiary alicyclic amines) is 1. The molecule has 2 amide bonds. The van der Waals surface area contributed by atoms with Crippen molar-refractivity contribution in [1.29, 1.82) is 0 Å². The second-order valence-electron chi connectivity index (χ2n) is 5.99. The highest BCUT2D eigenvalue weighted by Gasteiger charge is 2.25. The summed E-state index contributed by atoms with van der Waals surface area (Å²) in [5.41, 5.74) is 0.976. The Morgan fingerprint density at radius 1 is 1.21 bits per heavy atom. The Morgan fingerprint density at radius 3 is 2.71 bits per heavy atom. The molecule has 0 radical (unpaired) electrons. The predicted molar refractivity (Wildman–Crippen MR) is 86.1 cm³/mol. The molecule has 24 heavy (non-hydrogen) atoms. The molecule has 1 atom stereocenters. The first-order chi connectivity index (χ1) is 11.6. The molecule has 0 aliphatic carbocycles. The van der Waals surface area contributed by atoms with Gasteiger partial charge in [0, 0.05) is 25.2 Å². The van der Waals surface area contributed by atoms with E-state index in [1.807, 2.05) is 0 Å². The maximum Gasteiger partial charge on any atom is 0.257 e. The molecule has 1 N–H and O–H groups in total. The van der Waals surface area contributed by atoms with Crippen molar-refractivity contribution < 1.29 is 18.4 Å². The molecule has 0 saturated carbocycles. The van der Waals surface area contributed by atoms with Crippen LogP contribution in [0.4, 0.5) is 4.39 Å². The summed E-state index contributed by atoms with van der Waals surface area (Å²) in [7, 11) is 0. The molecule has 126 valence electrons. The van der Waals surface area contributed by atoms with Crippen molar-refractivity contribution in [1.82, 2.24) is 10.2 Å². The lowest BCUT2D eigenvalue weighted by molar-refractivity contribution is 0.0670. The Bertz CT molecular complexity index is 698. The third kappa shape index (κ3) is 3.82. The van der Waals surface area contributed by atoms with Gasteiger partial charge in [0.25, 0.3) is 11.8 Å². The van der Waals surface area contributed by atoms with Crippen LogP contribution in [0.25, 0.3) is 0 Å². The van der Waals surface area contributed by atoms with Crippen LogP contribution in [0.15, 0.2) is 47.3 Å². The van der Waals surface area contributed by atoms with Crippen molar-refractivity contribution >= 4 is 11.8 Å². The van der Waals surface area contributed by atoms with E-state index >= 15 is 0 Å². The number of halogens is 1. The molecule has 5 nitrogen and oxygen atoms in total. The lowest BCUT2D eigenvalue weighted by Crippen LogP contribution is -2.43. The number of nitrogens with zero attached hydrogens (tertiary/aromatic N) is 1. The van der Waals surface area contributed by atoms with Gasteiger partial charge in [0.05, 0.1) is 11.8 Å². The quantitative estimate of drug-likeness (QED) is 0.937. The number of amides is 2. The first-order valence-electron chi connectivity index (χ1n) is 7.99. The van der Waals surface area contributed by atoms with Crippen LogP contribution in [0.5, 0.6) is 0 Å². The largest absolute Gasteiger partial charge is 0.472 e. The number of hydrogen-bond donors (Lipinski definition) is 1.